The predicted octanol–water partition coefficient (Wildman–Crippen LogP) is 2.57. The molecule has 0 spiro atoms. The first kappa shape index (κ1) is 12.4. The van der Waals surface area contributed by atoms with Crippen molar-refractivity contribution in [3.63, 3.8) is 0 Å². The lowest BCUT2D eigenvalue weighted by atomic mass is 10.2. The SMILES string of the molecule is Clc1ccc2c(N3CCN(C4CC4)CC3)ncnc2c1. The first-order valence-electron chi connectivity index (χ1n) is 7.20. The number of rotatable bonds is 2. The summed E-state index contributed by atoms with van der Waals surface area (Å²) in [5.74, 6) is 1.04. The third-order valence-electron chi connectivity index (χ3n) is 4.25. The van der Waals surface area contributed by atoms with Gasteiger partial charge in [0.05, 0.1) is 5.52 Å². The second-order valence-electron chi connectivity index (χ2n) is 5.61. The van der Waals surface area contributed by atoms with Crippen molar-refractivity contribution in [3.05, 3.63) is 29.5 Å². The van der Waals surface area contributed by atoms with E-state index in [0.717, 1.165) is 54.0 Å². The van der Waals surface area contributed by atoms with Gasteiger partial charge in [0, 0.05) is 42.6 Å². The fourth-order valence-corrected chi connectivity index (χ4v) is 3.17. The van der Waals surface area contributed by atoms with Gasteiger partial charge in [0.2, 0.25) is 0 Å². The van der Waals surface area contributed by atoms with Crippen LogP contribution in [0.4, 0.5) is 5.82 Å². The minimum atomic E-state index is 0.723. The number of piperazine rings is 1. The Balaban J connectivity index is 1.62. The maximum atomic E-state index is 6.04. The number of hydrogen-bond donors (Lipinski definition) is 0. The van der Waals surface area contributed by atoms with E-state index in [-0.39, 0.29) is 0 Å². The second kappa shape index (κ2) is 4.86. The lowest BCUT2D eigenvalue weighted by molar-refractivity contribution is 0.248. The van der Waals surface area contributed by atoms with Crippen LogP contribution in [-0.2, 0) is 0 Å². The van der Waals surface area contributed by atoms with Crippen molar-refractivity contribution in [1.82, 2.24) is 14.9 Å². The van der Waals surface area contributed by atoms with Gasteiger partial charge in [-0.1, -0.05) is 11.6 Å². The highest BCUT2D eigenvalue weighted by molar-refractivity contribution is 6.31. The minimum Gasteiger partial charge on any atom is -0.353 e. The molecule has 104 valence electrons. The van der Waals surface area contributed by atoms with Gasteiger partial charge >= 0.3 is 0 Å². The molecule has 4 nitrogen and oxygen atoms in total. The molecule has 1 saturated carbocycles. The molecule has 2 fully saturated rings. The Labute approximate surface area is 123 Å². The zero-order valence-corrected chi connectivity index (χ0v) is 12.1. The average molecular weight is 289 g/mol. The van der Waals surface area contributed by atoms with Crippen molar-refractivity contribution in [1.29, 1.82) is 0 Å². The molecule has 0 N–H and O–H groups in total. The zero-order chi connectivity index (χ0) is 13.5. The largest absolute Gasteiger partial charge is 0.353 e. The molecular weight excluding hydrogens is 272 g/mol. The van der Waals surface area contributed by atoms with Crippen LogP contribution in [0.15, 0.2) is 24.5 Å². The summed E-state index contributed by atoms with van der Waals surface area (Å²) in [5, 5.41) is 1.82. The van der Waals surface area contributed by atoms with E-state index in [1.54, 1.807) is 6.33 Å². The van der Waals surface area contributed by atoms with Gasteiger partial charge in [-0.15, -0.1) is 0 Å². The van der Waals surface area contributed by atoms with Crippen LogP contribution < -0.4 is 4.90 Å². The molecule has 1 aliphatic heterocycles. The average Bonchev–Trinajstić information content (AvgIpc) is 3.31. The number of nitrogens with zero attached hydrogens (tertiary/aromatic N) is 4. The van der Waals surface area contributed by atoms with Gasteiger partial charge in [0.1, 0.15) is 12.1 Å². The van der Waals surface area contributed by atoms with Gasteiger partial charge in [-0.05, 0) is 31.0 Å². The van der Waals surface area contributed by atoms with Crippen molar-refractivity contribution in [3.8, 4) is 0 Å². The topological polar surface area (TPSA) is 32.3 Å². The van der Waals surface area contributed by atoms with Crippen LogP contribution in [0.5, 0.6) is 0 Å². The van der Waals surface area contributed by atoms with Crippen molar-refractivity contribution >= 4 is 28.3 Å². The molecule has 2 aliphatic rings. The highest BCUT2D eigenvalue weighted by atomic mass is 35.5. The van der Waals surface area contributed by atoms with E-state index in [2.05, 4.69) is 19.8 Å². The third-order valence-corrected chi connectivity index (χ3v) is 4.49. The summed E-state index contributed by atoms with van der Waals surface area (Å²) in [7, 11) is 0. The van der Waals surface area contributed by atoms with E-state index in [4.69, 9.17) is 11.6 Å². The Morgan fingerprint density at radius 3 is 2.60 bits per heavy atom. The molecule has 5 heteroatoms. The highest BCUT2D eigenvalue weighted by Gasteiger charge is 2.31. The predicted molar refractivity (Wildman–Crippen MR) is 81.4 cm³/mol. The lowest BCUT2D eigenvalue weighted by Crippen LogP contribution is -2.47. The first-order chi connectivity index (χ1) is 9.81. The summed E-state index contributed by atoms with van der Waals surface area (Å²) < 4.78 is 0. The summed E-state index contributed by atoms with van der Waals surface area (Å²) >= 11 is 6.04. The Kier molecular flexibility index (Phi) is 3.00. The summed E-state index contributed by atoms with van der Waals surface area (Å²) in [6.45, 7) is 4.38. The number of fused-ring (bicyclic) bond motifs is 1. The summed E-state index contributed by atoms with van der Waals surface area (Å²) in [6, 6.07) is 6.71. The van der Waals surface area contributed by atoms with E-state index in [0.29, 0.717) is 0 Å². The zero-order valence-electron chi connectivity index (χ0n) is 11.3. The van der Waals surface area contributed by atoms with Crippen molar-refractivity contribution in [2.24, 2.45) is 0 Å². The van der Waals surface area contributed by atoms with Crippen molar-refractivity contribution in [2.75, 3.05) is 31.1 Å². The molecule has 0 amide bonds. The Morgan fingerprint density at radius 2 is 1.85 bits per heavy atom. The number of hydrogen-bond acceptors (Lipinski definition) is 4. The van der Waals surface area contributed by atoms with Crippen molar-refractivity contribution in [2.45, 2.75) is 18.9 Å². The van der Waals surface area contributed by atoms with E-state index >= 15 is 0 Å². The van der Waals surface area contributed by atoms with Crippen LogP contribution in [0.2, 0.25) is 5.02 Å². The molecule has 2 aromatic rings. The number of benzene rings is 1. The van der Waals surface area contributed by atoms with Crippen molar-refractivity contribution < 1.29 is 0 Å². The van der Waals surface area contributed by atoms with Crippen LogP contribution in [0.1, 0.15) is 12.8 Å². The molecule has 0 atom stereocenters. The molecule has 20 heavy (non-hydrogen) atoms. The maximum absolute atomic E-state index is 6.04. The fraction of sp³-hybridized carbons (Fsp3) is 0.467. The summed E-state index contributed by atoms with van der Waals surface area (Å²) in [5.41, 5.74) is 0.923. The molecule has 2 heterocycles. The molecular formula is C15H17ClN4. The quantitative estimate of drug-likeness (QED) is 0.850. The van der Waals surface area contributed by atoms with Gasteiger partial charge in [0.25, 0.3) is 0 Å². The van der Waals surface area contributed by atoms with Gasteiger partial charge in [-0.2, -0.15) is 0 Å². The lowest BCUT2D eigenvalue weighted by Gasteiger charge is -2.35. The molecule has 1 aromatic carbocycles. The number of halogens is 1. The smallest absolute Gasteiger partial charge is 0.139 e. The molecule has 1 aliphatic carbocycles. The van der Waals surface area contributed by atoms with Gasteiger partial charge in [-0.25, -0.2) is 9.97 Å². The first-order valence-corrected chi connectivity index (χ1v) is 7.58. The number of aromatic nitrogens is 2. The van der Waals surface area contributed by atoms with Crippen LogP contribution in [-0.4, -0.2) is 47.1 Å². The Bertz CT molecular complexity index is 633. The van der Waals surface area contributed by atoms with Crippen LogP contribution in [0, 0.1) is 0 Å². The third kappa shape index (κ3) is 2.23. The van der Waals surface area contributed by atoms with Crippen LogP contribution in [0.25, 0.3) is 10.9 Å². The van der Waals surface area contributed by atoms with Gasteiger partial charge in [0.15, 0.2) is 0 Å². The molecule has 1 saturated heterocycles. The van der Waals surface area contributed by atoms with Gasteiger partial charge < -0.3 is 4.90 Å². The van der Waals surface area contributed by atoms with E-state index in [9.17, 15) is 0 Å². The fourth-order valence-electron chi connectivity index (χ4n) is 3.01. The maximum Gasteiger partial charge on any atom is 0.139 e. The van der Waals surface area contributed by atoms with Crippen LogP contribution >= 0.6 is 11.6 Å². The monoisotopic (exact) mass is 288 g/mol. The van der Waals surface area contributed by atoms with Gasteiger partial charge in [-0.3, -0.25) is 4.90 Å². The Morgan fingerprint density at radius 1 is 1.05 bits per heavy atom. The number of anilines is 1. The van der Waals surface area contributed by atoms with E-state index in [1.807, 2.05) is 18.2 Å². The molecule has 4 rings (SSSR count). The molecule has 0 bridgehead atoms. The van der Waals surface area contributed by atoms with E-state index in [1.165, 1.54) is 12.8 Å². The van der Waals surface area contributed by atoms with E-state index < -0.39 is 0 Å². The van der Waals surface area contributed by atoms with Crippen LogP contribution in [0.3, 0.4) is 0 Å². The standard InChI is InChI=1S/C15H17ClN4/c16-11-1-4-13-14(9-11)17-10-18-15(13)20-7-5-19(6-8-20)12-2-3-12/h1,4,9-10,12H,2-3,5-8H2. The molecule has 0 unspecified atom stereocenters. The molecule has 1 aromatic heterocycles. The summed E-state index contributed by atoms with van der Waals surface area (Å²) in [4.78, 5) is 13.8. The summed E-state index contributed by atoms with van der Waals surface area (Å²) in [6.07, 6.45) is 4.41. The Hall–Kier alpha value is -1.39. The second-order valence-corrected chi connectivity index (χ2v) is 6.05. The normalized spacial score (nSPS) is 20.6. The highest BCUT2D eigenvalue weighted by Crippen LogP contribution is 2.30. The molecule has 0 radical (unpaired) electrons. The minimum absolute atomic E-state index is 0.723.